The maximum Gasteiger partial charge on any atom is 0.0561 e. The lowest BCUT2D eigenvalue weighted by atomic mass is 10.1. The molecule has 0 heterocycles. The molecule has 2 nitrogen and oxygen atoms in total. The van der Waals surface area contributed by atoms with Crippen molar-refractivity contribution in [3.63, 3.8) is 0 Å². The summed E-state index contributed by atoms with van der Waals surface area (Å²) < 4.78 is 0. The molecule has 0 spiro atoms. The summed E-state index contributed by atoms with van der Waals surface area (Å²) in [5.41, 5.74) is 6.43. The standard InChI is InChI=1S/C15H16N2/c1-2-13-8-10-14(11-9-13)12-16-17-15-6-4-3-5-7-15/h3-12,17H,2H2,1H3. The molecule has 0 atom stereocenters. The number of para-hydroxylation sites is 1. The number of aryl methyl sites for hydroxylation is 1. The van der Waals surface area contributed by atoms with Gasteiger partial charge in [-0.3, -0.25) is 5.43 Å². The highest BCUT2D eigenvalue weighted by molar-refractivity contribution is 5.80. The topological polar surface area (TPSA) is 24.4 Å². The summed E-state index contributed by atoms with van der Waals surface area (Å²) in [6.45, 7) is 2.15. The van der Waals surface area contributed by atoms with Crippen LogP contribution in [0.15, 0.2) is 59.7 Å². The zero-order valence-corrected chi connectivity index (χ0v) is 9.93. The Balaban J connectivity index is 1.96. The Kier molecular flexibility index (Phi) is 3.92. The molecule has 2 aromatic carbocycles. The summed E-state index contributed by atoms with van der Waals surface area (Å²) >= 11 is 0. The lowest BCUT2D eigenvalue weighted by molar-refractivity contribution is 1.14. The number of nitrogens with one attached hydrogen (secondary N) is 1. The third-order valence-electron chi connectivity index (χ3n) is 2.57. The predicted molar refractivity (Wildman–Crippen MR) is 73.5 cm³/mol. The van der Waals surface area contributed by atoms with Gasteiger partial charge in [0.15, 0.2) is 0 Å². The minimum absolute atomic E-state index is 0.994. The summed E-state index contributed by atoms with van der Waals surface area (Å²) in [7, 11) is 0. The molecule has 0 amide bonds. The molecule has 0 aliphatic rings. The molecule has 1 N–H and O–H groups in total. The average molecular weight is 224 g/mol. The second-order valence-electron chi connectivity index (χ2n) is 3.83. The first-order chi connectivity index (χ1) is 8.38. The first-order valence-corrected chi connectivity index (χ1v) is 5.81. The smallest absolute Gasteiger partial charge is 0.0561 e. The average Bonchev–Trinajstić information content (AvgIpc) is 2.41. The van der Waals surface area contributed by atoms with E-state index in [4.69, 9.17) is 0 Å². The summed E-state index contributed by atoms with van der Waals surface area (Å²) in [4.78, 5) is 0. The van der Waals surface area contributed by atoms with Gasteiger partial charge in [0.05, 0.1) is 11.9 Å². The van der Waals surface area contributed by atoms with Crippen molar-refractivity contribution >= 4 is 11.9 Å². The van der Waals surface area contributed by atoms with Gasteiger partial charge in [0.1, 0.15) is 0 Å². The van der Waals surface area contributed by atoms with Gasteiger partial charge in [-0.15, -0.1) is 0 Å². The second-order valence-corrected chi connectivity index (χ2v) is 3.83. The van der Waals surface area contributed by atoms with Crippen LogP contribution in [0.4, 0.5) is 5.69 Å². The van der Waals surface area contributed by atoms with Gasteiger partial charge < -0.3 is 0 Å². The highest BCUT2D eigenvalue weighted by Gasteiger charge is 1.90. The minimum atomic E-state index is 0.994. The summed E-state index contributed by atoms with van der Waals surface area (Å²) in [6.07, 6.45) is 2.89. The number of hydrazone groups is 1. The van der Waals surface area contributed by atoms with Gasteiger partial charge in [0.2, 0.25) is 0 Å². The Morgan fingerprint density at radius 2 is 1.71 bits per heavy atom. The monoisotopic (exact) mass is 224 g/mol. The van der Waals surface area contributed by atoms with Crippen LogP contribution in [0.5, 0.6) is 0 Å². The molecule has 2 heteroatoms. The van der Waals surface area contributed by atoms with Gasteiger partial charge in [-0.1, -0.05) is 49.4 Å². The molecule has 0 aromatic heterocycles. The number of anilines is 1. The fourth-order valence-corrected chi connectivity index (χ4v) is 1.53. The van der Waals surface area contributed by atoms with E-state index in [2.05, 4.69) is 41.7 Å². The second kappa shape index (κ2) is 5.85. The Morgan fingerprint density at radius 3 is 2.35 bits per heavy atom. The number of benzene rings is 2. The SMILES string of the molecule is CCc1ccc(C=NNc2ccccc2)cc1. The first-order valence-electron chi connectivity index (χ1n) is 5.81. The van der Waals surface area contributed by atoms with Gasteiger partial charge in [-0.05, 0) is 29.7 Å². The third kappa shape index (κ3) is 3.45. The first kappa shape index (κ1) is 11.4. The fraction of sp³-hybridized carbons (Fsp3) is 0.133. The van der Waals surface area contributed by atoms with Crippen molar-refractivity contribution in [3.05, 3.63) is 65.7 Å². The van der Waals surface area contributed by atoms with Crippen molar-refractivity contribution < 1.29 is 0 Å². The van der Waals surface area contributed by atoms with Crippen LogP contribution in [0.3, 0.4) is 0 Å². The Hall–Kier alpha value is -2.09. The van der Waals surface area contributed by atoms with E-state index in [1.165, 1.54) is 5.56 Å². The minimum Gasteiger partial charge on any atom is -0.279 e. The molecule has 0 radical (unpaired) electrons. The Morgan fingerprint density at radius 1 is 1.00 bits per heavy atom. The van der Waals surface area contributed by atoms with Gasteiger partial charge in [0, 0.05) is 0 Å². The van der Waals surface area contributed by atoms with Gasteiger partial charge in [-0.25, -0.2) is 0 Å². The van der Waals surface area contributed by atoms with Crippen LogP contribution in [0, 0.1) is 0 Å². The van der Waals surface area contributed by atoms with Crippen molar-refractivity contribution in [2.75, 3.05) is 5.43 Å². The lowest BCUT2D eigenvalue weighted by Gasteiger charge is -1.99. The van der Waals surface area contributed by atoms with Crippen molar-refractivity contribution in [2.24, 2.45) is 5.10 Å². The van der Waals surface area contributed by atoms with Crippen LogP contribution in [-0.4, -0.2) is 6.21 Å². The van der Waals surface area contributed by atoms with Crippen LogP contribution in [0.2, 0.25) is 0 Å². The molecule has 17 heavy (non-hydrogen) atoms. The maximum absolute atomic E-state index is 4.19. The zero-order valence-electron chi connectivity index (χ0n) is 9.93. The highest BCUT2D eigenvalue weighted by Crippen LogP contribution is 2.05. The number of rotatable bonds is 4. The van der Waals surface area contributed by atoms with Crippen LogP contribution in [-0.2, 0) is 6.42 Å². The fourth-order valence-electron chi connectivity index (χ4n) is 1.53. The lowest BCUT2D eigenvalue weighted by Crippen LogP contribution is -1.90. The molecular weight excluding hydrogens is 208 g/mol. The molecule has 0 aliphatic carbocycles. The van der Waals surface area contributed by atoms with E-state index in [0.29, 0.717) is 0 Å². The third-order valence-corrected chi connectivity index (χ3v) is 2.57. The number of hydrogen-bond acceptors (Lipinski definition) is 2. The molecular formula is C15H16N2. The van der Waals surface area contributed by atoms with Crippen molar-refractivity contribution in [1.82, 2.24) is 0 Å². The summed E-state index contributed by atoms with van der Waals surface area (Å²) in [5.74, 6) is 0. The van der Waals surface area contributed by atoms with Gasteiger partial charge in [0.25, 0.3) is 0 Å². The molecule has 2 aromatic rings. The van der Waals surface area contributed by atoms with Crippen molar-refractivity contribution in [3.8, 4) is 0 Å². The van der Waals surface area contributed by atoms with Crippen LogP contribution in [0.25, 0.3) is 0 Å². The molecule has 0 saturated heterocycles. The molecule has 2 rings (SSSR count). The summed E-state index contributed by atoms with van der Waals surface area (Å²) in [5, 5.41) is 4.19. The predicted octanol–water partition coefficient (Wildman–Crippen LogP) is 3.70. The van der Waals surface area contributed by atoms with Gasteiger partial charge in [-0.2, -0.15) is 5.10 Å². The molecule has 0 fully saturated rings. The maximum atomic E-state index is 4.19. The van der Waals surface area contributed by atoms with Crippen LogP contribution in [0.1, 0.15) is 18.1 Å². The van der Waals surface area contributed by atoms with E-state index in [1.54, 1.807) is 0 Å². The van der Waals surface area contributed by atoms with Crippen LogP contribution >= 0.6 is 0 Å². The van der Waals surface area contributed by atoms with Crippen molar-refractivity contribution in [1.29, 1.82) is 0 Å². The van der Waals surface area contributed by atoms with E-state index < -0.39 is 0 Å². The molecule has 0 unspecified atom stereocenters. The summed E-state index contributed by atoms with van der Waals surface area (Å²) in [6, 6.07) is 18.3. The molecule has 86 valence electrons. The largest absolute Gasteiger partial charge is 0.279 e. The van der Waals surface area contributed by atoms with E-state index in [0.717, 1.165) is 17.7 Å². The Bertz CT molecular complexity index is 472. The molecule has 0 aliphatic heterocycles. The molecule has 0 bridgehead atoms. The molecule has 0 saturated carbocycles. The van der Waals surface area contributed by atoms with E-state index in [-0.39, 0.29) is 0 Å². The highest BCUT2D eigenvalue weighted by atomic mass is 15.3. The normalized spacial score (nSPS) is 10.6. The Labute approximate surface area is 102 Å². The van der Waals surface area contributed by atoms with Gasteiger partial charge >= 0.3 is 0 Å². The number of hydrogen-bond donors (Lipinski definition) is 1. The van der Waals surface area contributed by atoms with E-state index in [1.807, 2.05) is 36.5 Å². The number of nitrogens with zero attached hydrogens (tertiary/aromatic N) is 1. The van der Waals surface area contributed by atoms with Crippen molar-refractivity contribution in [2.45, 2.75) is 13.3 Å². The van der Waals surface area contributed by atoms with E-state index >= 15 is 0 Å². The van der Waals surface area contributed by atoms with Crippen LogP contribution < -0.4 is 5.43 Å². The van der Waals surface area contributed by atoms with E-state index in [9.17, 15) is 0 Å². The zero-order chi connectivity index (χ0) is 11.9. The quantitative estimate of drug-likeness (QED) is 0.621.